The summed E-state index contributed by atoms with van der Waals surface area (Å²) >= 11 is 0. The van der Waals surface area contributed by atoms with Crippen molar-refractivity contribution in [3.05, 3.63) is 0 Å². The summed E-state index contributed by atoms with van der Waals surface area (Å²) in [6.07, 6.45) is 20.3. The van der Waals surface area contributed by atoms with Crippen LogP contribution in [0.3, 0.4) is 0 Å². The van der Waals surface area contributed by atoms with Gasteiger partial charge in [-0.3, -0.25) is 9.69 Å². The Morgan fingerprint density at radius 1 is 0.655 bits per heavy atom. The Morgan fingerprint density at radius 3 is 1.48 bits per heavy atom. The van der Waals surface area contributed by atoms with E-state index in [2.05, 4.69) is 6.92 Å². The molecule has 0 fully saturated rings. The zero-order valence-corrected chi connectivity index (χ0v) is 19.2. The molecule has 0 aliphatic rings. The van der Waals surface area contributed by atoms with Crippen LogP contribution in [0.1, 0.15) is 110 Å². The van der Waals surface area contributed by atoms with Crippen molar-refractivity contribution in [2.24, 2.45) is 0 Å². The average molecular weight is 416 g/mol. The fourth-order valence-corrected chi connectivity index (χ4v) is 3.62. The fourth-order valence-electron chi connectivity index (χ4n) is 3.62. The minimum Gasteiger partial charge on any atom is -0.464 e. The Morgan fingerprint density at radius 2 is 1.07 bits per heavy atom. The van der Waals surface area contributed by atoms with Crippen molar-refractivity contribution in [3.63, 3.8) is 0 Å². The molecule has 0 saturated carbocycles. The lowest BCUT2D eigenvalue weighted by molar-refractivity contribution is -0.144. The van der Waals surface area contributed by atoms with Crippen molar-refractivity contribution < 1.29 is 19.7 Å². The van der Waals surface area contributed by atoms with Crippen LogP contribution in [0.15, 0.2) is 0 Å². The van der Waals surface area contributed by atoms with E-state index in [0.29, 0.717) is 32.7 Å². The second-order valence-corrected chi connectivity index (χ2v) is 8.21. The highest BCUT2D eigenvalue weighted by atomic mass is 16.5. The van der Waals surface area contributed by atoms with Gasteiger partial charge in [-0.15, -0.1) is 0 Å². The molecule has 0 atom stereocenters. The Hall–Kier alpha value is -0.650. The standard InChI is InChI=1S/C24H49NO4/c1-2-3-4-5-6-7-8-9-10-11-12-13-14-15-16-17-24(28)29-23-20-25(18-21-26)19-22-27/h26-27H,2-23H2,1H3. The van der Waals surface area contributed by atoms with Crippen LogP contribution >= 0.6 is 0 Å². The molecule has 0 heterocycles. The lowest BCUT2D eigenvalue weighted by Gasteiger charge is -2.19. The van der Waals surface area contributed by atoms with Gasteiger partial charge in [0, 0.05) is 26.1 Å². The number of unbranched alkanes of at least 4 members (excludes halogenated alkanes) is 14. The number of carbonyl (C=O) groups is 1. The molecule has 0 aromatic rings. The number of hydrogen-bond acceptors (Lipinski definition) is 5. The highest BCUT2D eigenvalue weighted by molar-refractivity contribution is 5.69. The van der Waals surface area contributed by atoms with Crippen molar-refractivity contribution >= 4 is 5.97 Å². The van der Waals surface area contributed by atoms with Crippen LogP contribution in [-0.2, 0) is 9.53 Å². The minimum atomic E-state index is -0.132. The number of aliphatic hydroxyl groups excluding tert-OH is 2. The number of carbonyl (C=O) groups excluding carboxylic acids is 1. The first kappa shape index (κ1) is 28.4. The van der Waals surface area contributed by atoms with E-state index in [4.69, 9.17) is 14.9 Å². The monoisotopic (exact) mass is 415 g/mol. The quantitative estimate of drug-likeness (QED) is 0.180. The first-order valence-electron chi connectivity index (χ1n) is 12.3. The number of esters is 1. The molecule has 0 amide bonds. The lowest BCUT2D eigenvalue weighted by Crippen LogP contribution is -2.33. The van der Waals surface area contributed by atoms with Crippen molar-refractivity contribution in [3.8, 4) is 0 Å². The molecule has 0 aliphatic heterocycles. The summed E-state index contributed by atoms with van der Waals surface area (Å²) in [4.78, 5) is 13.6. The third-order valence-corrected chi connectivity index (χ3v) is 5.49. The summed E-state index contributed by atoms with van der Waals surface area (Å²) in [5.74, 6) is -0.132. The molecule has 0 aromatic heterocycles. The predicted octanol–water partition coefficient (Wildman–Crippen LogP) is 5.08. The first-order chi connectivity index (χ1) is 14.2. The molecule has 0 aliphatic carbocycles. The lowest BCUT2D eigenvalue weighted by atomic mass is 10.0. The van der Waals surface area contributed by atoms with Crippen molar-refractivity contribution in [2.45, 2.75) is 110 Å². The molecule has 29 heavy (non-hydrogen) atoms. The maximum atomic E-state index is 11.7. The number of ether oxygens (including phenoxy) is 1. The molecular formula is C24H49NO4. The smallest absolute Gasteiger partial charge is 0.305 e. The number of aliphatic hydroxyl groups is 2. The average Bonchev–Trinajstić information content (AvgIpc) is 2.71. The summed E-state index contributed by atoms with van der Waals surface area (Å²) in [7, 11) is 0. The minimum absolute atomic E-state index is 0.0487. The van der Waals surface area contributed by atoms with Gasteiger partial charge in [0.05, 0.1) is 13.2 Å². The van der Waals surface area contributed by atoms with E-state index < -0.39 is 0 Å². The highest BCUT2D eigenvalue weighted by Crippen LogP contribution is 2.13. The summed E-state index contributed by atoms with van der Waals surface area (Å²) in [6.45, 7) is 4.25. The van der Waals surface area contributed by atoms with Crippen LogP contribution < -0.4 is 0 Å². The van der Waals surface area contributed by atoms with Gasteiger partial charge >= 0.3 is 5.97 Å². The van der Waals surface area contributed by atoms with Crippen molar-refractivity contribution in [2.75, 3.05) is 39.5 Å². The molecule has 0 rings (SSSR count). The molecule has 0 bridgehead atoms. The number of nitrogens with zero attached hydrogens (tertiary/aromatic N) is 1. The van der Waals surface area contributed by atoms with E-state index in [0.717, 1.165) is 12.8 Å². The zero-order chi connectivity index (χ0) is 21.4. The molecule has 0 saturated heterocycles. The molecular weight excluding hydrogens is 366 g/mol. The Labute approximate surface area is 180 Å². The van der Waals surface area contributed by atoms with Gasteiger partial charge in [0.1, 0.15) is 6.61 Å². The van der Waals surface area contributed by atoms with E-state index >= 15 is 0 Å². The van der Waals surface area contributed by atoms with Crippen LogP contribution in [0.2, 0.25) is 0 Å². The molecule has 0 spiro atoms. The third-order valence-electron chi connectivity index (χ3n) is 5.49. The SMILES string of the molecule is CCCCCCCCCCCCCCCCCC(=O)OCCN(CCO)CCO. The molecule has 0 aromatic carbocycles. The fraction of sp³-hybridized carbons (Fsp3) is 0.958. The number of hydrogen-bond donors (Lipinski definition) is 2. The molecule has 5 nitrogen and oxygen atoms in total. The molecule has 5 heteroatoms. The first-order valence-corrected chi connectivity index (χ1v) is 12.3. The van der Waals surface area contributed by atoms with Crippen molar-refractivity contribution in [1.29, 1.82) is 0 Å². The Balaban J connectivity index is 3.28. The van der Waals surface area contributed by atoms with E-state index in [-0.39, 0.29) is 19.2 Å². The summed E-state index contributed by atoms with van der Waals surface area (Å²) < 4.78 is 5.24. The van der Waals surface area contributed by atoms with Crippen LogP contribution in [0.25, 0.3) is 0 Å². The Kier molecular flexibility index (Phi) is 23.1. The van der Waals surface area contributed by atoms with E-state index in [9.17, 15) is 4.79 Å². The zero-order valence-electron chi connectivity index (χ0n) is 19.2. The largest absolute Gasteiger partial charge is 0.464 e. The van der Waals surface area contributed by atoms with Gasteiger partial charge in [0.25, 0.3) is 0 Å². The summed E-state index contributed by atoms with van der Waals surface area (Å²) in [5, 5.41) is 17.9. The molecule has 0 radical (unpaired) electrons. The molecule has 2 N–H and O–H groups in total. The molecule has 0 unspecified atom stereocenters. The van der Waals surface area contributed by atoms with Crippen LogP contribution in [0.5, 0.6) is 0 Å². The summed E-state index contributed by atoms with van der Waals surface area (Å²) in [6, 6.07) is 0. The normalized spacial score (nSPS) is 11.3. The van der Waals surface area contributed by atoms with Gasteiger partial charge in [0.2, 0.25) is 0 Å². The van der Waals surface area contributed by atoms with Crippen LogP contribution in [0.4, 0.5) is 0 Å². The third kappa shape index (κ3) is 21.9. The topological polar surface area (TPSA) is 70.0 Å². The van der Waals surface area contributed by atoms with E-state index in [1.54, 1.807) is 0 Å². The second kappa shape index (κ2) is 23.6. The van der Waals surface area contributed by atoms with Gasteiger partial charge in [0.15, 0.2) is 0 Å². The van der Waals surface area contributed by atoms with Crippen LogP contribution in [-0.4, -0.2) is 60.5 Å². The van der Waals surface area contributed by atoms with E-state index in [1.807, 2.05) is 4.90 Å². The number of rotatable bonds is 23. The van der Waals surface area contributed by atoms with Gasteiger partial charge in [-0.25, -0.2) is 0 Å². The Bertz CT molecular complexity index is 333. The van der Waals surface area contributed by atoms with Gasteiger partial charge < -0.3 is 14.9 Å². The second-order valence-electron chi connectivity index (χ2n) is 8.21. The maximum absolute atomic E-state index is 11.7. The summed E-state index contributed by atoms with van der Waals surface area (Å²) in [5.41, 5.74) is 0. The van der Waals surface area contributed by atoms with Crippen molar-refractivity contribution in [1.82, 2.24) is 4.90 Å². The van der Waals surface area contributed by atoms with Gasteiger partial charge in [-0.05, 0) is 6.42 Å². The van der Waals surface area contributed by atoms with Gasteiger partial charge in [-0.2, -0.15) is 0 Å². The predicted molar refractivity (Wildman–Crippen MR) is 121 cm³/mol. The van der Waals surface area contributed by atoms with E-state index in [1.165, 1.54) is 83.5 Å². The molecule has 174 valence electrons. The highest BCUT2D eigenvalue weighted by Gasteiger charge is 2.06. The van der Waals surface area contributed by atoms with Crippen LogP contribution in [0, 0.1) is 0 Å². The van der Waals surface area contributed by atoms with Gasteiger partial charge in [-0.1, -0.05) is 96.8 Å². The maximum Gasteiger partial charge on any atom is 0.305 e.